The van der Waals surface area contributed by atoms with Crippen molar-refractivity contribution in [2.45, 2.75) is 71.2 Å². The summed E-state index contributed by atoms with van der Waals surface area (Å²) in [6.45, 7) is 9.43. The Bertz CT molecular complexity index is 1080. The number of aliphatic hydroxyl groups excluding tert-OH is 1. The lowest BCUT2D eigenvalue weighted by atomic mass is 9.97. The molecule has 1 aromatic carbocycles. The Kier molecular flexibility index (Phi) is 6.00. The molecule has 1 saturated heterocycles. The highest BCUT2D eigenvalue weighted by Crippen LogP contribution is 2.34. The van der Waals surface area contributed by atoms with Gasteiger partial charge in [0.15, 0.2) is 5.79 Å². The van der Waals surface area contributed by atoms with Crippen molar-refractivity contribution >= 4 is 23.1 Å². The lowest BCUT2D eigenvalue weighted by molar-refractivity contribution is -0.152. The minimum atomic E-state index is -0.833. The number of hydrogen-bond donors (Lipinski definition) is 1. The van der Waals surface area contributed by atoms with Crippen LogP contribution in [-0.4, -0.2) is 50.8 Å². The Labute approximate surface area is 188 Å². The minimum absolute atomic E-state index is 0.0943. The molecular weight excluding hydrogens is 408 g/mol. The maximum atomic E-state index is 13.2. The third-order valence-electron chi connectivity index (χ3n) is 6.32. The van der Waals surface area contributed by atoms with Gasteiger partial charge in [0.05, 0.1) is 29.0 Å². The van der Waals surface area contributed by atoms with Gasteiger partial charge in [-0.25, -0.2) is 9.78 Å². The van der Waals surface area contributed by atoms with Gasteiger partial charge in [-0.1, -0.05) is 31.2 Å². The molecule has 0 radical (unpaired) electrons. The Hall–Kier alpha value is -2.48. The fourth-order valence-corrected chi connectivity index (χ4v) is 4.40. The number of fused-ring (bicyclic) bond motifs is 4. The number of rotatable bonds is 0. The molecule has 4 rings (SSSR count). The molecule has 32 heavy (non-hydrogen) atoms. The van der Waals surface area contributed by atoms with Crippen molar-refractivity contribution in [3.05, 3.63) is 47.3 Å². The summed E-state index contributed by atoms with van der Waals surface area (Å²) in [5, 5.41) is 10.8. The lowest BCUT2D eigenvalue weighted by Crippen LogP contribution is -2.34. The topological polar surface area (TPSA) is 82.8 Å². The SMILES string of the molecule is Cc1cc2c(ncn2C)c2c1C(=O)O[C@@H](C)[C@H](C)/C=C\C(O)[C@H]1OC(C)(C)O[C@H]1CC=C2. The summed E-state index contributed by atoms with van der Waals surface area (Å²) in [5.41, 5.74) is 3.78. The van der Waals surface area contributed by atoms with Gasteiger partial charge in [0.25, 0.3) is 0 Å². The first-order valence-corrected chi connectivity index (χ1v) is 11.1. The zero-order valence-corrected chi connectivity index (χ0v) is 19.5. The van der Waals surface area contributed by atoms with E-state index in [1.54, 1.807) is 12.4 Å². The summed E-state index contributed by atoms with van der Waals surface area (Å²) in [6, 6.07) is 1.97. The molecule has 0 bridgehead atoms. The average molecular weight is 441 g/mol. The number of ether oxygens (including phenoxy) is 3. The van der Waals surface area contributed by atoms with Gasteiger partial charge in [-0.05, 0) is 45.7 Å². The van der Waals surface area contributed by atoms with E-state index in [9.17, 15) is 9.90 Å². The van der Waals surface area contributed by atoms with Crippen molar-refractivity contribution in [3.8, 4) is 0 Å². The normalized spacial score (nSPS) is 31.6. The third-order valence-corrected chi connectivity index (χ3v) is 6.32. The highest BCUT2D eigenvalue weighted by molar-refractivity contribution is 6.02. The van der Waals surface area contributed by atoms with Gasteiger partial charge in [-0.2, -0.15) is 0 Å². The van der Waals surface area contributed by atoms with Gasteiger partial charge in [0.2, 0.25) is 0 Å². The van der Waals surface area contributed by atoms with Crippen LogP contribution in [-0.2, 0) is 21.3 Å². The summed E-state index contributed by atoms with van der Waals surface area (Å²) in [6.07, 6.45) is 7.67. The number of aryl methyl sites for hydroxylation is 2. The van der Waals surface area contributed by atoms with Crippen molar-refractivity contribution in [1.29, 1.82) is 0 Å². The monoisotopic (exact) mass is 440 g/mol. The number of imidazole rings is 1. The van der Waals surface area contributed by atoms with Crippen molar-refractivity contribution in [2.24, 2.45) is 13.0 Å². The first-order valence-electron chi connectivity index (χ1n) is 11.1. The molecule has 0 spiro atoms. The Balaban J connectivity index is 1.82. The predicted molar refractivity (Wildman–Crippen MR) is 122 cm³/mol. The number of cyclic esters (lactones) is 1. The molecule has 2 aliphatic heterocycles. The molecule has 3 heterocycles. The van der Waals surface area contributed by atoms with Crippen LogP contribution in [0.15, 0.2) is 30.6 Å². The van der Waals surface area contributed by atoms with E-state index in [0.717, 1.165) is 22.2 Å². The molecule has 1 unspecified atom stereocenters. The first-order chi connectivity index (χ1) is 15.1. The van der Waals surface area contributed by atoms with E-state index in [-0.39, 0.29) is 24.1 Å². The van der Waals surface area contributed by atoms with Gasteiger partial charge in [-0.3, -0.25) is 0 Å². The fourth-order valence-electron chi connectivity index (χ4n) is 4.40. The number of benzene rings is 1. The Morgan fingerprint density at radius 1 is 1.22 bits per heavy atom. The highest BCUT2D eigenvalue weighted by atomic mass is 16.8. The van der Waals surface area contributed by atoms with Crippen LogP contribution in [0.3, 0.4) is 0 Å². The fraction of sp³-hybridized carbons (Fsp3) is 0.520. The van der Waals surface area contributed by atoms with Gasteiger partial charge in [0.1, 0.15) is 18.3 Å². The second kappa shape index (κ2) is 8.46. The Morgan fingerprint density at radius 3 is 2.72 bits per heavy atom. The van der Waals surface area contributed by atoms with Crippen LogP contribution in [0.1, 0.15) is 55.6 Å². The summed E-state index contributed by atoms with van der Waals surface area (Å²) < 4.78 is 19.8. The number of aromatic nitrogens is 2. The highest BCUT2D eigenvalue weighted by Gasteiger charge is 2.43. The molecule has 5 atom stereocenters. The van der Waals surface area contributed by atoms with Crippen molar-refractivity contribution in [3.63, 3.8) is 0 Å². The molecule has 172 valence electrons. The number of nitrogens with zero attached hydrogens (tertiary/aromatic N) is 2. The number of hydrogen-bond acceptors (Lipinski definition) is 6. The van der Waals surface area contributed by atoms with E-state index in [1.807, 2.05) is 70.5 Å². The molecule has 7 nitrogen and oxygen atoms in total. The molecular formula is C25H32N2O5. The lowest BCUT2D eigenvalue weighted by Gasteiger charge is -2.22. The summed E-state index contributed by atoms with van der Waals surface area (Å²) in [5.74, 6) is -1.25. The van der Waals surface area contributed by atoms with Crippen LogP contribution in [0.25, 0.3) is 17.1 Å². The zero-order valence-electron chi connectivity index (χ0n) is 19.5. The van der Waals surface area contributed by atoms with Gasteiger partial charge in [-0.15, -0.1) is 0 Å². The summed E-state index contributed by atoms with van der Waals surface area (Å²) >= 11 is 0. The smallest absolute Gasteiger partial charge is 0.339 e. The van der Waals surface area contributed by atoms with Crippen LogP contribution in [0.5, 0.6) is 0 Å². The summed E-state index contributed by atoms with van der Waals surface area (Å²) in [4.78, 5) is 17.8. The van der Waals surface area contributed by atoms with Gasteiger partial charge >= 0.3 is 5.97 Å². The number of esters is 1. The van der Waals surface area contributed by atoms with Crippen molar-refractivity contribution < 1.29 is 24.1 Å². The van der Waals surface area contributed by atoms with E-state index in [1.165, 1.54) is 0 Å². The van der Waals surface area contributed by atoms with E-state index < -0.39 is 18.0 Å². The van der Waals surface area contributed by atoms with E-state index in [4.69, 9.17) is 14.2 Å². The predicted octanol–water partition coefficient (Wildman–Crippen LogP) is 3.92. The molecule has 0 aliphatic carbocycles. The maximum Gasteiger partial charge on any atom is 0.339 e. The van der Waals surface area contributed by atoms with Gasteiger partial charge in [0, 0.05) is 18.5 Å². The molecule has 1 fully saturated rings. The van der Waals surface area contributed by atoms with Crippen LogP contribution in [0, 0.1) is 12.8 Å². The van der Waals surface area contributed by atoms with E-state index in [2.05, 4.69) is 4.98 Å². The Morgan fingerprint density at radius 2 is 1.97 bits per heavy atom. The van der Waals surface area contributed by atoms with Crippen LogP contribution in [0.4, 0.5) is 0 Å². The van der Waals surface area contributed by atoms with Crippen LogP contribution < -0.4 is 0 Å². The van der Waals surface area contributed by atoms with E-state index in [0.29, 0.717) is 12.0 Å². The van der Waals surface area contributed by atoms with Crippen molar-refractivity contribution in [1.82, 2.24) is 9.55 Å². The second-order valence-electron chi connectivity index (χ2n) is 9.33. The molecule has 7 heteroatoms. The number of carbonyl (C=O) groups excluding carboxylic acids is 1. The van der Waals surface area contributed by atoms with Crippen LogP contribution >= 0.6 is 0 Å². The first kappa shape index (κ1) is 22.7. The second-order valence-corrected chi connectivity index (χ2v) is 9.33. The standard InChI is InChI=1S/C25H32N2O5/c1-14-10-11-19(28)23-20(31-25(4,5)32-23)9-7-8-17-21(24(29)30-16(14)3)15(2)12-18-22(17)26-13-27(18)6/h7-8,10-14,16,19-20,23,28H,9H2,1-6H3/b8-7?,11-10-/t14-,16+,19?,20+,23-/m1/s1. The van der Waals surface area contributed by atoms with Crippen LogP contribution in [0.2, 0.25) is 0 Å². The largest absolute Gasteiger partial charge is 0.458 e. The molecule has 2 aromatic rings. The molecule has 0 saturated carbocycles. The van der Waals surface area contributed by atoms with Gasteiger partial charge < -0.3 is 23.9 Å². The van der Waals surface area contributed by atoms with E-state index >= 15 is 0 Å². The average Bonchev–Trinajstić information content (AvgIpc) is 3.23. The quantitative estimate of drug-likeness (QED) is 0.494. The molecule has 1 aromatic heterocycles. The third kappa shape index (κ3) is 4.25. The summed E-state index contributed by atoms with van der Waals surface area (Å²) in [7, 11) is 1.93. The zero-order chi connectivity index (χ0) is 23.2. The minimum Gasteiger partial charge on any atom is -0.458 e. The number of aliphatic hydroxyl groups is 1. The maximum absolute atomic E-state index is 13.2. The number of carbonyl (C=O) groups is 1. The molecule has 0 amide bonds. The molecule has 1 N–H and O–H groups in total. The van der Waals surface area contributed by atoms with Crippen molar-refractivity contribution in [2.75, 3.05) is 0 Å². The molecule has 2 aliphatic rings.